The Kier molecular flexibility index (Phi) is 15.2. The second kappa shape index (κ2) is 18.3. The molecule has 0 bridgehead atoms. The lowest BCUT2D eigenvalue weighted by Gasteiger charge is -2.23. The van der Waals surface area contributed by atoms with Crippen molar-refractivity contribution in [2.24, 2.45) is 11.8 Å². The normalized spacial score (nSPS) is 14.0. The highest BCUT2D eigenvalue weighted by atomic mass is 32.1. The molecule has 12 heteroatoms. The Labute approximate surface area is 274 Å². The van der Waals surface area contributed by atoms with E-state index in [0.717, 1.165) is 36.1 Å². The molecule has 0 fully saturated rings. The molecule has 1 aromatic carbocycles. The molecule has 0 aliphatic rings. The van der Waals surface area contributed by atoms with Crippen molar-refractivity contribution in [2.45, 2.75) is 111 Å². The van der Waals surface area contributed by atoms with Crippen molar-refractivity contribution in [1.29, 1.82) is 0 Å². The van der Waals surface area contributed by atoms with Crippen LogP contribution in [-0.4, -0.2) is 63.4 Å². The summed E-state index contributed by atoms with van der Waals surface area (Å²) in [7, 11) is 0. The van der Waals surface area contributed by atoms with Gasteiger partial charge in [0.15, 0.2) is 17.9 Å². The number of benzene rings is 1. The van der Waals surface area contributed by atoms with E-state index >= 15 is 0 Å². The van der Waals surface area contributed by atoms with E-state index in [9.17, 15) is 33.9 Å². The third kappa shape index (κ3) is 14.0. The molecule has 11 nitrogen and oxygen atoms in total. The van der Waals surface area contributed by atoms with Crippen LogP contribution in [-0.2, 0) is 41.6 Å². The Morgan fingerprint density at radius 2 is 1.54 bits per heavy atom. The number of phenols is 1. The van der Waals surface area contributed by atoms with E-state index in [1.54, 1.807) is 52.9 Å². The first-order chi connectivity index (χ1) is 21.6. The van der Waals surface area contributed by atoms with Crippen LogP contribution in [0.3, 0.4) is 0 Å². The van der Waals surface area contributed by atoms with Crippen molar-refractivity contribution in [3.63, 3.8) is 0 Å². The van der Waals surface area contributed by atoms with Gasteiger partial charge in [-0.1, -0.05) is 25.5 Å². The van der Waals surface area contributed by atoms with Crippen LogP contribution in [0, 0.1) is 11.8 Å². The zero-order valence-corrected chi connectivity index (χ0v) is 28.4. The highest BCUT2D eigenvalue weighted by Gasteiger charge is 2.29. The predicted octanol–water partition coefficient (Wildman–Crippen LogP) is 4.53. The summed E-state index contributed by atoms with van der Waals surface area (Å²) in [4.78, 5) is 79.6. The molecule has 0 saturated heterocycles. The average Bonchev–Trinajstić information content (AvgIpc) is 3.44. The van der Waals surface area contributed by atoms with E-state index in [1.807, 2.05) is 0 Å². The molecule has 46 heavy (non-hydrogen) atoms. The second-order valence-corrected chi connectivity index (χ2v) is 13.8. The van der Waals surface area contributed by atoms with Gasteiger partial charge >= 0.3 is 5.97 Å². The summed E-state index contributed by atoms with van der Waals surface area (Å²) in [5, 5.41) is 15.8. The van der Waals surface area contributed by atoms with Crippen LogP contribution in [0.1, 0.15) is 100 Å². The minimum Gasteiger partial charge on any atom is -0.508 e. The number of thiazole rings is 1. The molecule has 0 aliphatic carbocycles. The number of rotatable bonds is 19. The number of ether oxygens (including phenoxy) is 1. The van der Waals surface area contributed by atoms with Gasteiger partial charge in [-0.15, -0.1) is 11.3 Å². The lowest BCUT2D eigenvalue weighted by molar-refractivity contribution is -0.157. The number of nitrogens with zero attached hydrogens (tertiary/aromatic N) is 1. The van der Waals surface area contributed by atoms with Crippen LogP contribution in [0.15, 0.2) is 30.5 Å². The number of aldehydes is 1. The van der Waals surface area contributed by atoms with E-state index in [1.165, 1.54) is 30.4 Å². The number of phenolic OH excluding ortho intramolecular Hbond substituents is 1. The molecule has 1 aromatic heterocycles. The fraction of sp³-hybridized carbons (Fsp3) is 0.559. The molecule has 0 aliphatic heterocycles. The third-order valence-electron chi connectivity index (χ3n) is 7.26. The van der Waals surface area contributed by atoms with Crippen molar-refractivity contribution >= 4 is 47.0 Å². The number of esters is 1. The van der Waals surface area contributed by atoms with E-state index in [-0.39, 0.29) is 36.6 Å². The van der Waals surface area contributed by atoms with Crippen LogP contribution in [0.4, 0.5) is 0 Å². The Balaban J connectivity index is 1.83. The number of ketones is 2. The van der Waals surface area contributed by atoms with Crippen molar-refractivity contribution in [3.05, 3.63) is 45.9 Å². The molecule has 0 saturated carbocycles. The number of Topliss-reactive ketones (excluding diaryl/α,β-unsaturated/α-hetero) is 2. The number of aromatic hydroxyl groups is 1. The fourth-order valence-electron chi connectivity index (χ4n) is 4.64. The number of carbonyl (C=O) groups is 6. The summed E-state index contributed by atoms with van der Waals surface area (Å²) in [6.07, 6.45) is 5.53. The maximum absolute atomic E-state index is 13.2. The van der Waals surface area contributed by atoms with Gasteiger partial charge in [0.2, 0.25) is 11.8 Å². The van der Waals surface area contributed by atoms with Crippen molar-refractivity contribution < 1.29 is 38.6 Å². The van der Waals surface area contributed by atoms with Crippen LogP contribution < -0.4 is 10.6 Å². The number of hydrogen-bond donors (Lipinski definition) is 3. The molecule has 2 rings (SSSR count). The van der Waals surface area contributed by atoms with Crippen LogP contribution in [0.2, 0.25) is 0 Å². The number of unbranched alkanes of at least 4 members (excludes halogenated alkanes) is 2. The van der Waals surface area contributed by atoms with E-state index in [0.29, 0.717) is 17.7 Å². The quantitative estimate of drug-likeness (QED) is 0.112. The Hall–Kier alpha value is -3.93. The summed E-state index contributed by atoms with van der Waals surface area (Å²) in [6, 6.07) is 4.66. The first kappa shape index (κ1) is 38.3. The summed E-state index contributed by atoms with van der Waals surface area (Å²) in [5.74, 6) is -3.44. The second-order valence-electron chi connectivity index (χ2n) is 12.7. The van der Waals surface area contributed by atoms with Crippen molar-refractivity contribution in [2.75, 3.05) is 0 Å². The van der Waals surface area contributed by atoms with E-state index in [4.69, 9.17) is 4.74 Å². The molecular weight excluding hydrogens is 610 g/mol. The number of amides is 2. The van der Waals surface area contributed by atoms with Crippen molar-refractivity contribution in [1.82, 2.24) is 15.6 Å². The molecule has 1 heterocycles. The van der Waals surface area contributed by atoms with Gasteiger partial charge in [0, 0.05) is 25.0 Å². The highest BCUT2D eigenvalue weighted by Crippen LogP contribution is 2.20. The predicted molar refractivity (Wildman–Crippen MR) is 174 cm³/mol. The Bertz CT molecular complexity index is 1350. The van der Waals surface area contributed by atoms with Crippen LogP contribution in [0.5, 0.6) is 5.75 Å². The lowest BCUT2D eigenvalue weighted by atomic mass is 9.94. The summed E-state index contributed by atoms with van der Waals surface area (Å²) in [6.45, 7) is 9.92. The largest absolute Gasteiger partial charge is 0.508 e. The molecule has 4 atom stereocenters. The zero-order valence-electron chi connectivity index (χ0n) is 27.6. The van der Waals surface area contributed by atoms with Crippen LogP contribution >= 0.6 is 11.3 Å². The van der Waals surface area contributed by atoms with Crippen LogP contribution in [0.25, 0.3) is 0 Å². The molecular formula is C34H47N3O8S. The zero-order chi connectivity index (χ0) is 34.4. The number of aryl methyl sites for hydroxylation is 1. The summed E-state index contributed by atoms with van der Waals surface area (Å²) < 4.78 is 5.40. The van der Waals surface area contributed by atoms with Gasteiger partial charge in [0.1, 0.15) is 11.4 Å². The molecule has 0 spiro atoms. The number of carbonyl (C=O) groups excluding carboxylic acids is 6. The van der Waals surface area contributed by atoms with Gasteiger partial charge in [-0.05, 0) is 78.0 Å². The highest BCUT2D eigenvalue weighted by molar-refractivity contribution is 7.13. The Morgan fingerprint density at radius 3 is 2.15 bits per heavy atom. The molecule has 0 unspecified atom stereocenters. The van der Waals surface area contributed by atoms with Gasteiger partial charge in [-0.2, -0.15) is 0 Å². The van der Waals surface area contributed by atoms with Gasteiger partial charge in [-0.3, -0.25) is 28.8 Å². The van der Waals surface area contributed by atoms with E-state index in [2.05, 4.69) is 15.6 Å². The molecule has 2 amide bonds. The maximum atomic E-state index is 13.2. The fourth-order valence-corrected chi connectivity index (χ4v) is 5.42. The number of aromatic nitrogens is 1. The molecule has 3 N–H and O–H groups in total. The van der Waals surface area contributed by atoms with Gasteiger partial charge in [0.05, 0.1) is 34.3 Å². The monoisotopic (exact) mass is 657 g/mol. The standard InChI is InChI=1S/C34H47N3O8S/c1-21(32(43)36-22(2)28(40)10-8-7-9-11-30-35-19-27(20-38)46-30)16-29(41)23(3)37-33(44)25(18-31(42)45-34(4,5)6)17-24-12-14-26(39)15-13-24/h12-15,19-23,25,39H,7-11,16-18H2,1-6H3,(H,36,43)(H,37,44)/t21-,22+,23+,25-/m1/s1. The van der Waals surface area contributed by atoms with Gasteiger partial charge < -0.3 is 20.5 Å². The number of nitrogens with one attached hydrogen (secondary N) is 2. The van der Waals surface area contributed by atoms with E-state index < -0.39 is 47.3 Å². The average molecular weight is 658 g/mol. The molecule has 0 radical (unpaired) electrons. The van der Waals surface area contributed by atoms with Gasteiger partial charge in [0.25, 0.3) is 0 Å². The molecule has 2 aromatic rings. The minimum absolute atomic E-state index is 0.0722. The maximum Gasteiger partial charge on any atom is 0.307 e. The summed E-state index contributed by atoms with van der Waals surface area (Å²) in [5.41, 5.74) is -0.00969. The molecule has 252 valence electrons. The first-order valence-electron chi connectivity index (χ1n) is 15.6. The number of hydrogen-bond acceptors (Lipinski definition) is 10. The first-order valence-corrected chi connectivity index (χ1v) is 16.5. The SMILES string of the molecule is C[C@H](CC(=O)[C@H](C)NC(=O)[C@@H](CC(=O)OC(C)(C)C)Cc1ccc(O)cc1)C(=O)N[C@@H](C)C(=O)CCCCCc1ncc(C=O)s1. The minimum atomic E-state index is -0.919. The lowest BCUT2D eigenvalue weighted by Crippen LogP contribution is -2.45. The third-order valence-corrected chi connectivity index (χ3v) is 8.24. The van der Waals surface area contributed by atoms with Crippen molar-refractivity contribution in [3.8, 4) is 5.75 Å². The topological polar surface area (TPSA) is 169 Å². The van der Waals surface area contributed by atoms with Gasteiger partial charge in [-0.25, -0.2) is 4.98 Å². The Morgan fingerprint density at radius 1 is 0.913 bits per heavy atom. The smallest absolute Gasteiger partial charge is 0.307 e. The summed E-state index contributed by atoms with van der Waals surface area (Å²) >= 11 is 1.36.